The molecular formula is C33H38O9. The van der Waals surface area contributed by atoms with Crippen LogP contribution in [-0.4, -0.2) is 60.9 Å². The maximum absolute atomic E-state index is 14.5. The molecule has 2 unspecified atom stereocenters. The molecule has 1 spiro atoms. The minimum absolute atomic E-state index is 0.0115. The molecule has 1 saturated carbocycles. The first-order valence-electron chi connectivity index (χ1n) is 14.2. The monoisotopic (exact) mass is 578 g/mol. The quantitative estimate of drug-likeness (QED) is 0.258. The zero-order chi connectivity index (χ0) is 31.1. The molecule has 2 heterocycles. The Hall–Kier alpha value is -3.69. The number of carbonyl (C=O) groups is 3. The maximum Gasteiger partial charge on any atom is 0.330 e. The molecule has 42 heavy (non-hydrogen) atoms. The lowest BCUT2D eigenvalue weighted by atomic mass is 9.51. The van der Waals surface area contributed by atoms with Crippen LogP contribution in [0.1, 0.15) is 75.9 Å². The molecule has 5 aliphatic rings. The number of aromatic hydroxyl groups is 2. The number of phenolic OH excluding ortho intramolecular Hbond substituents is 2. The predicted octanol–water partition coefficient (Wildman–Crippen LogP) is 4.51. The summed E-state index contributed by atoms with van der Waals surface area (Å²) in [5, 5.41) is 43.3. The van der Waals surface area contributed by atoms with Crippen molar-refractivity contribution in [1.29, 1.82) is 0 Å². The number of ether oxygens (including phenoxy) is 2. The standard InChI is InChI=1S/C33H38O9/c1-15(2)8-9-19-25(35)20(14-22(34)16(3)4)28-24(26(19)36)27(37)21-12-18-13-23-31(6,7)42-32(29(18)38,33(21,23)41-28)11-10-17(5)30(39)40/h8,10,12,18,22-23,34-36H,3,9,11,13-14H2,1-2,4-7H3,(H,39,40)/b17-10+/t18-,22?,23?,32+,33-/m1/s1. The molecule has 9 heteroatoms. The van der Waals surface area contributed by atoms with Crippen LogP contribution < -0.4 is 4.74 Å². The van der Waals surface area contributed by atoms with Crippen molar-refractivity contribution < 1.29 is 44.3 Å². The normalized spacial score (nSPS) is 29.3. The van der Waals surface area contributed by atoms with Gasteiger partial charge in [0.15, 0.2) is 22.8 Å². The first-order chi connectivity index (χ1) is 19.5. The Kier molecular flexibility index (Phi) is 6.86. The van der Waals surface area contributed by atoms with Gasteiger partial charge in [-0.1, -0.05) is 36.0 Å². The van der Waals surface area contributed by atoms with Crippen molar-refractivity contribution >= 4 is 17.5 Å². The van der Waals surface area contributed by atoms with E-state index in [1.807, 2.05) is 27.7 Å². The van der Waals surface area contributed by atoms with Gasteiger partial charge in [0.1, 0.15) is 22.8 Å². The molecule has 224 valence electrons. The molecule has 5 atom stereocenters. The van der Waals surface area contributed by atoms with Crippen molar-refractivity contribution in [3.63, 3.8) is 0 Å². The number of carboxylic acid groups (broad SMARTS) is 1. The number of aliphatic carboxylic acids is 1. The second kappa shape index (κ2) is 9.67. The van der Waals surface area contributed by atoms with Crippen LogP contribution in [0, 0.1) is 11.8 Å². The lowest BCUT2D eigenvalue weighted by Gasteiger charge is -2.56. The summed E-state index contributed by atoms with van der Waals surface area (Å²) in [6.45, 7) is 14.2. The predicted molar refractivity (Wildman–Crippen MR) is 154 cm³/mol. The van der Waals surface area contributed by atoms with Crippen LogP contribution in [0.15, 0.2) is 47.1 Å². The zero-order valence-electron chi connectivity index (χ0n) is 24.8. The van der Waals surface area contributed by atoms with Crippen LogP contribution in [0.25, 0.3) is 0 Å². The van der Waals surface area contributed by atoms with E-state index in [1.165, 1.54) is 13.0 Å². The number of hydrogen-bond acceptors (Lipinski definition) is 8. The smallest absolute Gasteiger partial charge is 0.330 e. The van der Waals surface area contributed by atoms with Crippen LogP contribution in [-0.2, 0) is 27.2 Å². The van der Waals surface area contributed by atoms with E-state index in [0.717, 1.165) is 5.57 Å². The van der Waals surface area contributed by atoms with Gasteiger partial charge in [0.25, 0.3) is 0 Å². The molecule has 0 aromatic heterocycles. The summed E-state index contributed by atoms with van der Waals surface area (Å²) in [6.07, 6.45) is 3.89. The van der Waals surface area contributed by atoms with E-state index >= 15 is 0 Å². The molecule has 3 aliphatic carbocycles. The number of rotatable bonds is 8. The Labute approximate surface area is 244 Å². The minimum atomic E-state index is -1.73. The average molecular weight is 579 g/mol. The van der Waals surface area contributed by atoms with Crippen molar-refractivity contribution in [3.05, 3.63) is 63.8 Å². The summed E-state index contributed by atoms with van der Waals surface area (Å²) in [4.78, 5) is 40.3. The Bertz CT molecular complexity index is 1540. The van der Waals surface area contributed by atoms with Gasteiger partial charge in [0, 0.05) is 47.0 Å². The van der Waals surface area contributed by atoms with Gasteiger partial charge in [-0.3, -0.25) is 9.59 Å². The second-order valence-electron chi connectivity index (χ2n) is 12.8. The third-order valence-corrected chi connectivity index (χ3v) is 9.40. The van der Waals surface area contributed by atoms with Crippen molar-refractivity contribution in [2.24, 2.45) is 11.8 Å². The molecule has 1 aromatic carbocycles. The number of allylic oxidation sites excluding steroid dienone is 3. The first kappa shape index (κ1) is 29.8. The van der Waals surface area contributed by atoms with E-state index in [0.29, 0.717) is 12.0 Å². The van der Waals surface area contributed by atoms with Crippen molar-refractivity contribution in [1.82, 2.24) is 0 Å². The number of hydrogen-bond donors (Lipinski definition) is 4. The number of benzene rings is 1. The number of aliphatic hydroxyl groups excluding tert-OH is 1. The molecule has 1 aromatic rings. The Morgan fingerprint density at radius 1 is 1.12 bits per heavy atom. The average Bonchev–Trinajstić information content (AvgIpc) is 3.06. The summed E-state index contributed by atoms with van der Waals surface area (Å²) in [5.74, 6) is -4.02. The number of fused-ring (bicyclic) bond motifs is 1. The van der Waals surface area contributed by atoms with E-state index in [-0.39, 0.29) is 64.4 Å². The highest BCUT2D eigenvalue weighted by atomic mass is 16.6. The van der Waals surface area contributed by atoms with Crippen LogP contribution in [0.4, 0.5) is 0 Å². The highest BCUT2D eigenvalue weighted by molar-refractivity contribution is 6.18. The number of Topliss-reactive ketones (excluding diaryl/α,β-unsaturated/α-hetero) is 2. The third-order valence-electron chi connectivity index (χ3n) is 9.40. The number of aliphatic hydroxyl groups is 1. The molecule has 4 N–H and O–H groups in total. The number of carboxylic acids is 1. The Morgan fingerprint density at radius 3 is 2.38 bits per heavy atom. The van der Waals surface area contributed by atoms with Gasteiger partial charge in [-0.05, 0) is 54.4 Å². The Morgan fingerprint density at radius 2 is 1.79 bits per heavy atom. The fourth-order valence-corrected chi connectivity index (χ4v) is 7.20. The van der Waals surface area contributed by atoms with E-state index in [9.17, 15) is 34.8 Å². The van der Waals surface area contributed by atoms with Crippen LogP contribution in [0.2, 0.25) is 0 Å². The number of phenols is 2. The fraction of sp³-hybridized carbons (Fsp3) is 0.485. The van der Waals surface area contributed by atoms with Gasteiger partial charge >= 0.3 is 5.97 Å². The van der Waals surface area contributed by atoms with Gasteiger partial charge in [-0.25, -0.2) is 4.79 Å². The summed E-state index contributed by atoms with van der Waals surface area (Å²) in [6, 6.07) is 0. The highest BCUT2D eigenvalue weighted by Crippen LogP contribution is 2.68. The van der Waals surface area contributed by atoms with E-state index in [2.05, 4.69) is 6.58 Å². The molecule has 2 aliphatic heterocycles. The summed E-state index contributed by atoms with van der Waals surface area (Å²) in [7, 11) is 0. The van der Waals surface area contributed by atoms with Crippen LogP contribution >= 0.6 is 0 Å². The lowest BCUT2D eigenvalue weighted by molar-refractivity contribution is -0.171. The van der Waals surface area contributed by atoms with Crippen molar-refractivity contribution in [2.75, 3.05) is 0 Å². The molecule has 2 fully saturated rings. The molecule has 9 nitrogen and oxygen atoms in total. The van der Waals surface area contributed by atoms with Crippen LogP contribution in [0.3, 0.4) is 0 Å². The van der Waals surface area contributed by atoms with Crippen molar-refractivity contribution in [3.8, 4) is 17.2 Å². The summed E-state index contributed by atoms with van der Waals surface area (Å²) >= 11 is 0. The first-order valence-corrected chi connectivity index (χ1v) is 14.2. The molecule has 0 radical (unpaired) electrons. The molecule has 1 saturated heterocycles. The van der Waals surface area contributed by atoms with E-state index in [1.54, 1.807) is 19.1 Å². The molecular weight excluding hydrogens is 540 g/mol. The van der Waals surface area contributed by atoms with Gasteiger partial charge in [0.2, 0.25) is 0 Å². The molecule has 6 rings (SSSR count). The molecule has 4 bridgehead atoms. The zero-order valence-corrected chi connectivity index (χ0v) is 24.8. The number of carbonyl (C=O) groups excluding carboxylic acids is 2. The topological polar surface area (TPSA) is 151 Å². The summed E-state index contributed by atoms with van der Waals surface area (Å²) in [5.41, 5.74) is -2.68. The van der Waals surface area contributed by atoms with Gasteiger partial charge < -0.3 is 29.9 Å². The van der Waals surface area contributed by atoms with Gasteiger partial charge in [0.05, 0.1) is 11.7 Å². The van der Waals surface area contributed by atoms with E-state index in [4.69, 9.17) is 9.47 Å². The maximum atomic E-state index is 14.5. The van der Waals surface area contributed by atoms with Crippen molar-refractivity contribution in [2.45, 2.75) is 90.1 Å². The van der Waals surface area contributed by atoms with Crippen LogP contribution in [0.5, 0.6) is 17.2 Å². The van der Waals surface area contributed by atoms with E-state index < -0.39 is 52.2 Å². The third kappa shape index (κ3) is 3.93. The lowest BCUT2D eigenvalue weighted by Crippen LogP contribution is -2.72. The largest absolute Gasteiger partial charge is 0.507 e. The fourth-order valence-electron chi connectivity index (χ4n) is 7.20. The van der Waals surface area contributed by atoms with Gasteiger partial charge in [-0.15, -0.1) is 0 Å². The SMILES string of the molecule is C=C(C)C(O)Cc1c(O)c(CC=C(C)C)c(O)c2c1O[C@]13C(=C[C@@H]4CC1C(C)(C)O[C@@]3(C/C=C(\C)C(=O)O)C4=O)C2=O. The Balaban J connectivity index is 1.81. The van der Waals surface area contributed by atoms with Gasteiger partial charge in [-0.2, -0.15) is 0 Å². The molecule has 0 amide bonds. The number of ketones is 2. The summed E-state index contributed by atoms with van der Waals surface area (Å²) < 4.78 is 13.4. The minimum Gasteiger partial charge on any atom is -0.507 e. The highest BCUT2D eigenvalue weighted by Gasteiger charge is 2.81. The second-order valence-corrected chi connectivity index (χ2v) is 12.8.